The Morgan fingerprint density at radius 2 is 1.82 bits per heavy atom. The molecule has 1 atom stereocenters. The highest BCUT2D eigenvalue weighted by Gasteiger charge is 2.27. The Morgan fingerprint density at radius 1 is 1.03 bits per heavy atom. The maximum atomic E-state index is 13.6. The van der Waals surface area contributed by atoms with E-state index in [2.05, 4.69) is 17.4 Å². The van der Waals surface area contributed by atoms with Crippen LogP contribution in [0.2, 0.25) is 0 Å². The molecule has 7 heteroatoms. The molecule has 38 heavy (non-hydrogen) atoms. The van der Waals surface area contributed by atoms with Gasteiger partial charge in [0.05, 0.1) is 24.1 Å². The standard InChI is InChI=1S/C31H36N2O4S/c1-22(2)29-21-33-17-5-4-7-30(33)31(29)38(34,35)28-14-12-26(13-15-28)37-18-6-16-32-25-10-8-23-9-11-27(36-3)20-24(23)19-25/h4-5,7,9,11-15,17,20-22,25,32H,6,8,10,16,18-19H2,1-3H3. The number of aromatic nitrogens is 1. The van der Waals surface area contributed by atoms with Crippen LogP contribution < -0.4 is 14.8 Å². The van der Waals surface area contributed by atoms with Crippen molar-refractivity contribution < 1.29 is 17.9 Å². The Labute approximate surface area is 225 Å². The maximum absolute atomic E-state index is 13.6. The van der Waals surface area contributed by atoms with Gasteiger partial charge in [-0.3, -0.25) is 0 Å². The lowest BCUT2D eigenvalue weighted by molar-refractivity contribution is 0.302. The third kappa shape index (κ3) is 5.45. The summed E-state index contributed by atoms with van der Waals surface area (Å²) in [6.45, 7) is 5.47. The van der Waals surface area contributed by atoms with Crippen LogP contribution in [0.5, 0.6) is 11.5 Å². The normalized spacial score (nSPS) is 15.5. The molecule has 2 heterocycles. The van der Waals surface area contributed by atoms with E-state index < -0.39 is 9.84 Å². The molecule has 1 unspecified atom stereocenters. The number of nitrogens with zero attached hydrogens (tertiary/aromatic N) is 1. The highest BCUT2D eigenvalue weighted by atomic mass is 32.2. The molecule has 4 aromatic rings. The monoisotopic (exact) mass is 532 g/mol. The fourth-order valence-electron chi connectivity index (χ4n) is 5.26. The summed E-state index contributed by atoms with van der Waals surface area (Å²) < 4.78 is 40.5. The van der Waals surface area contributed by atoms with Gasteiger partial charge in [0, 0.05) is 18.4 Å². The molecule has 0 bridgehead atoms. The number of rotatable bonds is 10. The van der Waals surface area contributed by atoms with Crippen LogP contribution in [-0.4, -0.2) is 39.1 Å². The van der Waals surface area contributed by atoms with E-state index in [1.54, 1.807) is 31.4 Å². The highest BCUT2D eigenvalue weighted by Crippen LogP contribution is 2.34. The van der Waals surface area contributed by atoms with Crippen molar-refractivity contribution >= 4 is 15.4 Å². The number of benzene rings is 2. The van der Waals surface area contributed by atoms with E-state index in [4.69, 9.17) is 9.47 Å². The second-order valence-electron chi connectivity index (χ2n) is 10.3. The van der Waals surface area contributed by atoms with Crippen molar-refractivity contribution in [2.45, 2.75) is 61.3 Å². The van der Waals surface area contributed by atoms with E-state index in [-0.39, 0.29) is 10.8 Å². The predicted molar refractivity (Wildman–Crippen MR) is 150 cm³/mol. The number of aryl methyl sites for hydroxylation is 1. The van der Waals surface area contributed by atoms with Crippen molar-refractivity contribution in [3.63, 3.8) is 0 Å². The van der Waals surface area contributed by atoms with E-state index >= 15 is 0 Å². The summed E-state index contributed by atoms with van der Waals surface area (Å²) in [7, 11) is -1.97. The predicted octanol–water partition coefficient (Wildman–Crippen LogP) is 5.82. The van der Waals surface area contributed by atoms with Gasteiger partial charge in [-0.25, -0.2) is 8.42 Å². The van der Waals surface area contributed by atoms with Crippen LogP contribution in [0.3, 0.4) is 0 Å². The first-order valence-electron chi connectivity index (χ1n) is 13.3. The molecule has 0 spiro atoms. The number of ether oxygens (including phenoxy) is 2. The smallest absolute Gasteiger partial charge is 0.209 e. The number of sulfone groups is 1. The average molecular weight is 533 g/mol. The number of fused-ring (bicyclic) bond motifs is 2. The first-order valence-corrected chi connectivity index (χ1v) is 14.8. The molecule has 0 saturated carbocycles. The second-order valence-corrected chi connectivity index (χ2v) is 12.2. The topological polar surface area (TPSA) is 69.0 Å². The molecule has 0 fully saturated rings. The number of methoxy groups -OCH3 is 1. The first-order chi connectivity index (χ1) is 18.4. The molecular weight excluding hydrogens is 496 g/mol. The molecule has 0 aliphatic heterocycles. The molecule has 5 rings (SSSR count). The van der Waals surface area contributed by atoms with Crippen molar-refractivity contribution in [3.8, 4) is 11.5 Å². The van der Waals surface area contributed by atoms with Crippen molar-refractivity contribution in [1.82, 2.24) is 9.72 Å². The lowest BCUT2D eigenvalue weighted by Gasteiger charge is -2.26. The zero-order chi connectivity index (χ0) is 26.7. The Hall–Kier alpha value is -3.29. The molecule has 0 amide bonds. The number of hydrogen-bond acceptors (Lipinski definition) is 5. The van der Waals surface area contributed by atoms with Crippen LogP contribution in [-0.2, 0) is 22.7 Å². The second kappa shape index (κ2) is 11.2. The molecule has 1 N–H and O–H groups in total. The summed E-state index contributed by atoms with van der Waals surface area (Å²) in [6, 6.07) is 19.2. The van der Waals surface area contributed by atoms with Gasteiger partial charge in [-0.2, -0.15) is 0 Å². The highest BCUT2D eigenvalue weighted by molar-refractivity contribution is 7.91. The van der Waals surface area contributed by atoms with E-state index in [1.165, 1.54) is 11.1 Å². The first kappa shape index (κ1) is 26.3. The summed E-state index contributed by atoms with van der Waals surface area (Å²) >= 11 is 0. The van der Waals surface area contributed by atoms with Crippen molar-refractivity contribution in [2.75, 3.05) is 20.3 Å². The minimum Gasteiger partial charge on any atom is -0.497 e. The molecule has 2 aromatic carbocycles. The minimum atomic E-state index is -3.68. The van der Waals surface area contributed by atoms with E-state index in [1.807, 2.05) is 54.9 Å². The van der Waals surface area contributed by atoms with Gasteiger partial charge in [0.2, 0.25) is 9.84 Å². The van der Waals surface area contributed by atoms with Crippen LogP contribution in [0.15, 0.2) is 82.8 Å². The summed E-state index contributed by atoms with van der Waals surface area (Å²) in [6.07, 6.45) is 7.90. The van der Waals surface area contributed by atoms with Crippen molar-refractivity contribution in [2.24, 2.45) is 0 Å². The lowest BCUT2D eigenvalue weighted by Crippen LogP contribution is -2.35. The average Bonchev–Trinajstić information content (AvgIpc) is 3.34. The molecule has 0 radical (unpaired) electrons. The van der Waals surface area contributed by atoms with Crippen LogP contribution in [0.1, 0.15) is 49.3 Å². The summed E-state index contributed by atoms with van der Waals surface area (Å²) in [5, 5.41) is 3.66. The lowest BCUT2D eigenvalue weighted by atomic mass is 9.88. The summed E-state index contributed by atoms with van der Waals surface area (Å²) in [4.78, 5) is 0.663. The number of hydrogen-bond donors (Lipinski definition) is 1. The molecule has 2 aromatic heterocycles. The fraction of sp³-hybridized carbons (Fsp3) is 0.355. The Bertz CT molecular complexity index is 1510. The zero-order valence-corrected chi connectivity index (χ0v) is 23.1. The Kier molecular flexibility index (Phi) is 7.77. The fourth-order valence-corrected chi connectivity index (χ4v) is 7.03. The van der Waals surface area contributed by atoms with Gasteiger partial charge in [0.1, 0.15) is 16.4 Å². The van der Waals surface area contributed by atoms with Gasteiger partial charge in [-0.05, 0) is 103 Å². The molecule has 6 nitrogen and oxygen atoms in total. The van der Waals surface area contributed by atoms with Gasteiger partial charge in [-0.1, -0.05) is 26.0 Å². The van der Waals surface area contributed by atoms with Gasteiger partial charge in [0.25, 0.3) is 0 Å². The van der Waals surface area contributed by atoms with Crippen LogP contribution in [0.25, 0.3) is 5.52 Å². The quantitative estimate of drug-likeness (QED) is 0.261. The van der Waals surface area contributed by atoms with Crippen LogP contribution in [0.4, 0.5) is 0 Å². The SMILES string of the molecule is COc1ccc2c(c1)CC(NCCCOc1ccc(S(=O)(=O)c3c(C(C)C)cn4ccccc34)cc1)CC2. The molecule has 1 aliphatic carbocycles. The van der Waals surface area contributed by atoms with Gasteiger partial charge >= 0.3 is 0 Å². The van der Waals surface area contributed by atoms with Gasteiger partial charge in [-0.15, -0.1) is 0 Å². The van der Waals surface area contributed by atoms with E-state index in [0.29, 0.717) is 28.8 Å². The van der Waals surface area contributed by atoms with Crippen molar-refractivity contribution in [1.29, 1.82) is 0 Å². The molecule has 200 valence electrons. The van der Waals surface area contributed by atoms with Gasteiger partial charge in [0.15, 0.2) is 0 Å². The minimum absolute atomic E-state index is 0.0853. The summed E-state index contributed by atoms with van der Waals surface area (Å²) in [5.74, 6) is 1.68. The van der Waals surface area contributed by atoms with Crippen LogP contribution in [0, 0.1) is 0 Å². The Morgan fingerprint density at radius 3 is 2.58 bits per heavy atom. The van der Waals surface area contributed by atoms with Gasteiger partial charge < -0.3 is 19.2 Å². The largest absolute Gasteiger partial charge is 0.497 e. The third-order valence-corrected chi connectivity index (χ3v) is 9.23. The molecule has 1 aliphatic rings. The Balaban J connectivity index is 1.16. The molecular formula is C31H36N2O4S. The molecule has 0 saturated heterocycles. The number of nitrogens with one attached hydrogen (secondary N) is 1. The maximum Gasteiger partial charge on any atom is 0.209 e. The zero-order valence-electron chi connectivity index (χ0n) is 22.3. The van der Waals surface area contributed by atoms with Crippen molar-refractivity contribution in [3.05, 3.63) is 89.7 Å². The van der Waals surface area contributed by atoms with E-state index in [0.717, 1.165) is 43.5 Å². The third-order valence-electron chi connectivity index (χ3n) is 7.35. The van der Waals surface area contributed by atoms with Crippen LogP contribution >= 0.6 is 0 Å². The summed E-state index contributed by atoms with van der Waals surface area (Å²) in [5.41, 5.74) is 4.31. The number of pyridine rings is 1. The van der Waals surface area contributed by atoms with E-state index in [9.17, 15) is 8.42 Å².